The van der Waals surface area contributed by atoms with E-state index in [1.165, 1.54) is 12.7 Å². The average Bonchev–Trinajstić information content (AvgIpc) is 3.10. The lowest BCUT2D eigenvalue weighted by atomic mass is 9.56. The predicted octanol–water partition coefficient (Wildman–Crippen LogP) is 2.42. The molecule has 2 aromatic rings. The fourth-order valence-corrected chi connectivity index (χ4v) is 6.57. The van der Waals surface area contributed by atoms with Crippen LogP contribution >= 0.6 is 0 Å². The number of piperidine rings is 2. The van der Waals surface area contributed by atoms with Crippen LogP contribution in [-0.2, 0) is 30.9 Å². The zero-order chi connectivity index (χ0) is 20.9. The van der Waals surface area contributed by atoms with E-state index >= 15 is 0 Å². The van der Waals surface area contributed by atoms with Gasteiger partial charge < -0.3 is 19.2 Å². The monoisotopic (exact) mass is 412 g/mol. The van der Waals surface area contributed by atoms with Crippen molar-refractivity contribution in [1.29, 1.82) is 0 Å². The zero-order valence-electron chi connectivity index (χ0n) is 17.5. The lowest BCUT2D eigenvalue weighted by Crippen LogP contribution is -2.67. The molecule has 4 bridgehead atoms. The number of esters is 1. The first-order valence-corrected chi connectivity index (χ1v) is 10.7. The van der Waals surface area contributed by atoms with Gasteiger partial charge in [-0.1, -0.05) is 0 Å². The fraction of sp³-hybridized carbons (Fsp3) is 0.565. The molecule has 3 fully saturated rings. The lowest BCUT2D eigenvalue weighted by molar-refractivity contribution is -0.163. The topological polar surface area (TPSA) is 80.9 Å². The maximum Gasteiger partial charge on any atom is 0.319 e. The maximum atomic E-state index is 13.5. The molecule has 7 nitrogen and oxygen atoms in total. The van der Waals surface area contributed by atoms with Crippen molar-refractivity contribution >= 4 is 23.3 Å². The molecule has 0 amide bonds. The molecule has 4 heterocycles. The van der Waals surface area contributed by atoms with Crippen molar-refractivity contribution in [3.63, 3.8) is 0 Å². The Bertz CT molecular complexity index is 985. The second kappa shape index (κ2) is 7.30. The summed E-state index contributed by atoms with van der Waals surface area (Å²) in [6.07, 6.45) is 3.49. The highest BCUT2D eigenvalue weighted by Gasteiger charge is 2.62. The van der Waals surface area contributed by atoms with Gasteiger partial charge in [-0.3, -0.25) is 14.5 Å². The van der Waals surface area contributed by atoms with Crippen molar-refractivity contribution in [2.24, 2.45) is 11.8 Å². The number of rotatable bonds is 6. The summed E-state index contributed by atoms with van der Waals surface area (Å²) in [5, 5.41) is 1.12. The molecule has 0 spiro atoms. The molecule has 0 radical (unpaired) electrons. The highest BCUT2D eigenvalue weighted by molar-refractivity contribution is 5.92. The Morgan fingerprint density at radius 1 is 1.37 bits per heavy atom. The second-order valence-electron chi connectivity index (χ2n) is 8.86. The molecule has 1 saturated carbocycles. The molecular weight excluding hydrogens is 384 g/mol. The quantitative estimate of drug-likeness (QED) is 0.446. The van der Waals surface area contributed by atoms with Crippen LogP contribution in [0.15, 0.2) is 18.2 Å². The van der Waals surface area contributed by atoms with Gasteiger partial charge in [0.1, 0.15) is 11.2 Å². The number of methoxy groups -OCH3 is 2. The van der Waals surface area contributed by atoms with Crippen LogP contribution in [0, 0.1) is 11.8 Å². The number of aromatic nitrogens is 1. The number of benzene rings is 1. The molecule has 1 aromatic carbocycles. The lowest BCUT2D eigenvalue weighted by Gasteiger charge is -2.57. The fourth-order valence-electron chi connectivity index (χ4n) is 6.57. The first-order valence-electron chi connectivity index (χ1n) is 10.7. The first kappa shape index (κ1) is 19.4. The SMILES string of the molecule is COC(=O)C12C[C@@H]3CC(CCOC=O)C1N(CCc1c2[nH]c2ccc(OC)cc12)C3. The molecular formula is C23H28N2O5. The summed E-state index contributed by atoms with van der Waals surface area (Å²) in [6, 6.07) is 6.08. The largest absolute Gasteiger partial charge is 0.497 e. The summed E-state index contributed by atoms with van der Waals surface area (Å²) in [5.41, 5.74) is 2.52. The number of H-pyrrole nitrogens is 1. The van der Waals surface area contributed by atoms with Crippen molar-refractivity contribution < 1.29 is 23.8 Å². The Kier molecular flexibility index (Phi) is 4.73. The molecule has 1 aromatic heterocycles. The van der Waals surface area contributed by atoms with Gasteiger partial charge in [0, 0.05) is 35.7 Å². The van der Waals surface area contributed by atoms with Crippen molar-refractivity contribution in [2.75, 3.05) is 33.9 Å². The minimum Gasteiger partial charge on any atom is -0.497 e. The number of carbonyl (C=O) groups is 2. The van der Waals surface area contributed by atoms with E-state index in [0.29, 0.717) is 19.0 Å². The van der Waals surface area contributed by atoms with E-state index in [0.717, 1.165) is 61.1 Å². The normalized spacial score (nSPS) is 31.7. The van der Waals surface area contributed by atoms with Gasteiger partial charge >= 0.3 is 5.97 Å². The van der Waals surface area contributed by atoms with Crippen molar-refractivity contribution in [3.8, 4) is 5.75 Å². The molecule has 3 aliphatic heterocycles. The molecule has 30 heavy (non-hydrogen) atoms. The van der Waals surface area contributed by atoms with Gasteiger partial charge in [0.2, 0.25) is 0 Å². The standard InChI is InChI=1S/C23H28N2O5/c1-28-16-3-4-19-18(10-16)17-5-7-25-12-14-9-15(6-8-30-13-26)21(25)23(11-14,20(17)24-19)22(27)29-2/h3-4,10,13-15,21,24H,5-9,11-12H2,1-2H3/t14-,15?,21?,23?/m0/s1. The van der Waals surface area contributed by atoms with Gasteiger partial charge in [0.05, 0.1) is 20.8 Å². The van der Waals surface area contributed by atoms with Crippen LogP contribution in [0.25, 0.3) is 10.9 Å². The number of hydrogen-bond acceptors (Lipinski definition) is 6. The summed E-state index contributed by atoms with van der Waals surface area (Å²) in [5.74, 6) is 1.35. The Balaban J connectivity index is 1.68. The number of nitrogens with zero attached hydrogens (tertiary/aromatic N) is 1. The Hall–Kier alpha value is -2.54. The van der Waals surface area contributed by atoms with E-state index in [1.807, 2.05) is 12.1 Å². The van der Waals surface area contributed by atoms with E-state index in [-0.39, 0.29) is 17.9 Å². The van der Waals surface area contributed by atoms with Crippen molar-refractivity contribution in [3.05, 3.63) is 29.5 Å². The van der Waals surface area contributed by atoms with Crippen LogP contribution in [0.5, 0.6) is 5.75 Å². The average molecular weight is 412 g/mol. The minimum absolute atomic E-state index is 0.0430. The molecule has 7 heteroatoms. The molecule has 4 aliphatic rings. The van der Waals surface area contributed by atoms with Crippen LogP contribution < -0.4 is 4.74 Å². The van der Waals surface area contributed by atoms with E-state index in [1.54, 1.807) is 7.11 Å². The van der Waals surface area contributed by atoms with E-state index in [9.17, 15) is 9.59 Å². The van der Waals surface area contributed by atoms with Crippen LogP contribution in [0.2, 0.25) is 0 Å². The number of ether oxygens (including phenoxy) is 3. The smallest absolute Gasteiger partial charge is 0.319 e. The van der Waals surface area contributed by atoms with Gasteiger partial charge in [-0.25, -0.2) is 0 Å². The number of hydrogen-bond donors (Lipinski definition) is 1. The second-order valence-corrected chi connectivity index (χ2v) is 8.86. The highest BCUT2D eigenvalue weighted by atomic mass is 16.5. The van der Waals surface area contributed by atoms with Gasteiger partial charge in [-0.2, -0.15) is 0 Å². The predicted molar refractivity (Wildman–Crippen MR) is 110 cm³/mol. The third-order valence-electron chi connectivity index (χ3n) is 7.52. The Labute approximate surface area is 175 Å². The molecule has 1 aliphatic carbocycles. The molecule has 160 valence electrons. The van der Waals surface area contributed by atoms with E-state index in [4.69, 9.17) is 14.2 Å². The van der Waals surface area contributed by atoms with Gasteiger partial charge in [0.15, 0.2) is 0 Å². The Morgan fingerprint density at radius 3 is 3.00 bits per heavy atom. The summed E-state index contributed by atoms with van der Waals surface area (Å²) in [4.78, 5) is 30.3. The number of nitrogens with one attached hydrogen (secondary N) is 1. The van der Waals surface area contributed by atoms with Crippen molar-refractivity contribution in [1.82, 2.24) is 9.88 Å². The van der Waals surface area contributed by atoms with Crippen LogP contribution in [0.4, 0.5) is 0 Å². The van der Waals surface area contributed by atoms with Crippen molar-refractivity contribution in [2.45, 2.75) is 37.1 Å². The molecule has 5 atom stereocenters. The minimum atomic E-state index is -0.722. The van der Waals surface area contributed by atoms with Gasteiger partial charge in [-0.15, -0.1) is 0 Å². The first-order chi connectivity index (χ1) is 14.6. The van der Waals surface area contributed by atoms with E-state index < -0.39 is 5.41 Å². The summed E-state index contributed by atoms with van der Waals surface area (Å²) in [6.45, 7) is 2.81. The molecule has 1 N–H and O–H groups in total. The van der Waals surface area contributed by atoms with Gasteiger partial charge in [-0.05, 0) is 61.3 Å². The summed E-state index contributed by atoms with van der Waals surface area (Å²) < 4.78 is 15.9. The maximum absolute atomic E-state index is 13.5. The molecule has 6 rings (SSSR count). The third kappa shape index (κ3) is 2.68. The third-order valence-corrected chi connectivity index (χ3v) is 7.52. The van der Waals surface area contributed by atoms with Gasteiger partial charge in [0.25, 0.3) is 6.47 Å². The van der Waals surface area contributed by atoms with Crippen LogP contribution in [0.1, 0.15) is 30.5 Å². The van der Waals surface area contributed by atoms with E-state index in [2.05, 4.69) is 16.0 Å². The summed E-state index contributed by atoms with van der Waals surface area (Å²) in [7, 11) is 3.16. The van der Waals surface area contributed by atoms with Crippen LogP contribution in [-0.4, -0.2) is 62.3 Å². The molecule has 4 unspecified atom stereocenters. The summed E-state index contributed by atoms with van der Waals surface area (Å²) >= 11 is 0. The number of fused-ring (bicyclic) bond motifs is 4. The van der Waals surface area contributed by atoms with Crippen LogP contribution in [0.3, 0.4) is 0 Å². The Morgan fingerprint density at radius 2 is 2.23 bits per heavy atom. The molecule has 2 saturated heterocycles. The number of aromatic amines is 1. The number of carbonyl (C=O) groups excluding carboxylic acids is 2. The highest BCUT2D eigenvalue weighted by Crippen LogP contribution is 2.55. The zero-order valence-corrected chi connectivity index (χ0v) is 17.5.